The number of nitrogens with one attached hydrogen (secondary N) is 3. The van der Waals surface area contributed by atoms with E-state index >= 15 is 0 Å². The molecule has 0 aliphatic rings. The lowest BCUT2D eigenvalue weighted by atomic mass is 10.1. The molecule has 0 aromatic heterocycles. The number of carbonyl (C=O) groups excluding carboxylic acids is 1. The maximum atomic E-state index is 14.1. The zero-order valence-electron chi connectivity index (χ0n) is 22.5. The first-order chi connectivity index (χ1) is 18.9. The monoisotopic (exact) mass is 567 g/mol. The fourth-order valence-electron chi connectivity index (χ4n) is 3.90. The van der Waals surface area contributed by atoms with Gasteiger partial charge in [0.15, 0.2) is 10.9 Å². The molecule has 3 N–H and O–H groups in total. The molecule has 0 spiro atoms. The van der Waals surface area contributed by atoms with Crippen LogP contribution >= 0.6 is 19.8 Å². The Hall–Kier alpha value is -3.03. The lowest BCUT2D eigenvalue weighted by Crippen LogP contribution is -2.51. The number of hydrogen-bond donors (Lipinski definition) is 3. The van der Waals surface area contributed by atoms with Gasteiger partial charge in [-0.1, -0.05) is 105 Å². The number of thiocarbonyl (C=S) groups is 1. The Morgan fingerprint density at radius 1 is 0.795 bits per heavy atom. The highest BCUT2D eigenvalue weighted by atomic mass is 32.1. The van der Waals surface area contributed by atoms with Crippen LogP contribution < -0.4 is 16.0 Å². The van der Waals surface area contributed by atoms with Crippen molar-refractivity contribution in [2.75, 3.05) is 13.2 Å². The molecule has 0 saturated carbocycles. The fraction of sp³-hybridized carbons (Fsp3) is 0.333. The Kier molecular flexibility index (Phi) is 12.6. The molecule has 3 rings (SSSR count). The van der Waals surface area contributed by atoms with Crippen molar-refractivity contribution < 1.29 is 18.4 Å². The van der Waals surface area contributed by atoms with Crippen LogP contribution in [-0.4, -0.2) is 30.3 Å². The summed E-state index contributed by atoms with van der Waals surface area (Å²) < 4.78 is 25.7. The van der Waals surface area contributed by atoms with Crippen molar-refractivity contribution in [2.24, 2.45) is 0 Å². The van der Waals surface area contributed by atoms with Crippen molar-refractivity contribution in [1.29, 1.82) is 0 Å². The first-order valence-corrected chi connectivity index (χ1v) is 15.3. The smallest absolute Gasteiger partial charge is 0.351 e. The van der Waals surface area contributed by atoms with Gasteiger partial charge in [0.2, 0.25) is 5.91 Å². The van der Waals surface area contributed by atoms with Gasteiger partial charge in [0.25, 0.3) is 0 Å². The average Bonchev–Trinajstić information content (AvgIpc) is 2.97. The molecule has 1 unspecified atom stereocenters. The van der Waals surface area contributed by atoms with Crippen LogP contribution in [0.25, 0.3) is 0 Å². The molecule has 3 aromatic rings. The van der Waals surface area contributed by atoms with E-state index in [4.69, 9.17) is 21.3 Å². The van der Waals surface area contributed by atoms with Crippen molar-refractivity contribution in [3.8, 4) is 0 Å². The molecule has 0 bridgehead atoms. The number of amides is 1. The van der Waals surface area contributed by atoms with Crippen LogP contribution in [0.1, 0.15) is 49.2 Å². The van der Waals surface area contributed by atoms with Crippen LogP contribution in [0.2, 0.25) is 0 Å². The summed E-state index contributed by atoms with van der Waals surface area (Å²) in [7, 11) is -3.66. The maximum Gasteiger partial charge on any atom is 0.357 e. The summed E-state index contributed by atoms with van der Waals surface area (Å²) in [5.41, 5.74) is 2.69. The van der Waals surface area contributed by atoms with Crippen molar-refractivity contribution >= 4 is 30.8 Å². The number of benzene rings is 3. The van der Waals surface area contributed by atoms with Crippen molar-refractivity contribution in [2.45, 2.75) is 51.5 Å². The third-order valence-electron chi connectivity index (χ3n) is 5.86. The molecule has 9 heteroatoms. The van der Waals surface area contributed by atoms with E-state index in [2.05, 4.69) is 16.0 Å². The van der Waals surface area contributed by atoms with E-state index in [0.717, 1.165) is 11.1 Å². The van der Waals surface area contributed by atoms with E-state index in [0.29, 0.717) is 31.4 Å². The predicted octanol–water partition coefficient (Wildman–Crippen LogP) is 6.12. The maximum absolute atomic E-state index is 14.1. The molecule has 39 heavy (non-hydrogen) atoms. The first-order valence-electron chi connectivity index (χ1n) is 13.3. The summed E-state index contributed by atoms with van der Waals surface area (Å²) in [5, 5.41) is 9.51. The quantitative estimate of drug-likeness (QED) is 0.151. The summed E-state index contributed by atoms with van der Waals surface area (Å²) in [6.45, 7) is 4.85. The molecule has 3 aromatic carbocycles. The van der Waals surface area contributed by atoms with E-state index in [1.807, 2.05) is 105 Å². The van der Waals surface area contributed by atoms with Crippen LogP contribution in [0, 0.1) is 0 Å². The van der Waals surface area contributed by atoms with Crippen LogP contribution in [0.5, 0.6) is 0 Å². The Bertz CT molecular complexity index is 1190. The second-order valence-corrected chi connectivity index (χ2v) is 11.6. The van der Waals surface area contributed by atoms with Crippen LogP contribution in [0.15, 0.2) is 91.0 Å². The molecule has 208 valence electrons. The van der Waals surface area contributed by atoms with Gasteiger partial charge in [-0.3, -0.25) is 9.36 Å². The van der Waals surface area contributed by atoms with Gasteiger partial charge in [-0.05, 0) is 41.7 Å². The molecule has 0 aliphatic heterocycles. The van der Waals surface area contributed by atoms with Gasteiger partial charge in [-0.2, -0.15) is 0 Å². The highest BCUT2D eigenvalue weighted by Gasteiger charge is 2.38. The SMILES string of the molecule is CCCOP(=O)(OCCC)C(NC(=S)N[C@H](Cc1ccccc1)C(=O)NCc1ccccc1)c1ccccc1. The van der Waals surface area contributed by atoms with E-state index < -0.39 is 19.4 Å². The summed E-state index contributed by atoms with van der Waals surface area (Å²) in [6.07, 6.45) is 1.78. The Balaban J connectivity index is 1.81. The predicted molar refractivity (Wildman–Crippen MR) is 160 cm³/mol. The van der Waals surface area contributed by atoms with E-state index in [9.17, 15) is 9.36 Å². The second kappa shape index (κ2) is 16.2. The van der Waals surface area contributed by atoms with Gasteiger partial charge in [-0.25, -0.2) is 0 Å². The van der Waals surface area contributed by atoms with Crippen LogP contribution in [0.4, 0.5) is 0 Å². The standard InChI is InChI=1S/C30H38N3O4PS/c1-3-20-36-38(35,37-21-4-2)29(26-18-12-7-13-19-26)33-30(39)32-27(22-24-14-8-5-9-15-24)28(34)31-23-25-16-10-6-11-17-25/h5-19,27,29H,3-4,20-23H2,1-2H3,(H,31,34)(H2,32,33,39)/t27-,29?/m1/s1. The van der Waals surface area contributed by atoms with E-state index in [1.165, 1.54) is 0 Å². The van der Waals surface area contributed by atoms with E-state index in [1.54, 1.807) is 0 Å². The molecule has 0 aliphatic carbocycles. The third kappa shape index (κ3) is 9.90. The zero-order chi connectivity index (χ0) is 27.9. The van der Waals surface area contributed by atoms with Crippen molar-refractivity contribution in [3.63, 3.8) is 0 Å². The summed E-state index contributed by atoms with van der Waals surface area (Å²) in [6, 6.07) is 28.1. The minimum absolute atomic E-state index is 0.181. The fourth-order valence-corrected chi connectivity index (χ4v) is 6.31. The van der Waals surface area contributed by atoms with Gasteiger partial charge in [0.05, 0.1) is 13.2 Å². The Morgan fingerprint density at radius 2 is 1.31 bits per heavy atom. The second-order valence-electron chi connectivity index (χ2n) is 9.08. The lowest BCUT2D eigenvalue weighted by Gasteiger charge is -2.30. The summed E-state index contributed by atoms with van der Waals surface area (Å²) in [5.74, 6) is -1.04. The highest BCUT2D eigenvalue weighted by molar-refractivity contribution is 7.80. The van der Waals surface area contributed by atoms with Gasteiger partial charge in [-0.15, -0.1) is 0 Å². The van der Waals surface area contributed by atoms with Gasteiger partial charge in [0.1, 0.15) is 6.04 Å². The van der Waals surface area contributed by atoms with Crippen molar-refractivity contribution in [1.82, 2.24) is 16.0 Å². The number of hydrogen-bond acceptors (Lipinski definition) is 5. The number of rotatable bonds is 15. The Labute approximate surface area is 237 Å². The minimum atomic E-state index is -3.66. The molecular weight excluding hydrogens is 529 g/mol. The average molecular weight is 568 g/mol. The molecule has 0 saturated heterocycles. The van der Waals surface area contributed by atoms with Gasteiger partial charge in [0, 0.05) is 13.0 Å². The molecule has 2 atom stereocenters. The molecule has 7 nitrogen and oxygen atoms in total. The molecule has 0 radical (unpaired) electrons. The molecule has 0 fully saturated rings. The first kappa shape index (κ1) is 30.5. The normalized spacial score (nSPS) is 12.8. The van der Waals surface area contributed by atoms with E-state index in [-0.39, 0.29) is 24.2 Å². The topological polar surface area (TPSA) is 88.7 Å². The minimum Gasteiger partial charge on any atom is -0.351 e. The highest BCUT2D eigenvalue weighted by Crippen LogP contribution is 2.59. The van der Waals surface area contributed by atoms with Crippen LogP contribution in [0.3, 0.4) is 0 Å². The summed E-state index contributed by atoms with van der Waals surface area (Å²) in [4.78, 5) is 13.3. The zero-order valence-corrected chi connectivity index (χ0v) is 24.3. The van der Waals surface area contributed by atoms with Gasteiger partial charge < -0.3 is 25.0 Å². The van der Waals surface area contributed by atoms with Crippen LogP contribution in [-0.2, 0) is 31.4 Å². The number of carbonyl (C=O) groups is 1. The summed E-state index contributed by atoms with van der Waals surface area (Å²) >= 11 is 5.68. The lowest BCUT2D eigenvalue weighted by molar-refractivity contribution is -0.122. The molecular formula is C30H38N3O4PS. The largest absolute Gasteiger partial charge is 0.357 e. The Morgan fingerprint density at radius 3 is 1.85 bits per heavy atom. The third-order valence-corrected chi connectivity index (χ3v) is 8.24. The molecule has 0 heterocycles. The van der Waals surface area contributed by atoms with Gasteiger partial charge >= 0.3 is 7.60 Å². The molecule has 1 amide bonds. The van der Waals surface area contributed by atoms with Crippen molar-refractivity contribution in [3.05, 3.63) is 108 Å².